The maximum atomic E-state index is 11.9. The summed E-state index contributed by atoms with van der Waals surface area (Å²) in [5.74, 6) is -0.429. The van der Waals surface area contributed by atoms with Crippen molar-refractivity contribution in [3.63, 3.8) is 0 Å². The molecule has 1 amide bonds. The van der Waals surface area contributed by atoms with Crippen molar-refractivity contribution in [2.45, 2.75) is 44.8 Å². The monoisotopic (exact) mass is 248 g/mol. The largest absolute Gasteiger partial charge is 0.329 e. The van der Waals surface area contributed by atoms with Crippen LogP contribution in [0.5, 0.6) is 0 Å². The van der Waals surface area contributed by atoms with Crippen LogP contribution in [0.25, 0.3) is 0 Å². The summed E-state index contributed by atoms with van der Waals surface area (Å²) in [5.41, 5.74) is 4.94. The maximum Gasteiger partial charge on any atom is 0.240 e. The van der Waals surface area contributed by atoms with Gasteiger partial charge in [-0.3, -0.25) is 9.52 Å². The highest BCUT2D eigenvalue weighted by Crippen LogP contribution is 2.37. The molecule has 1 fully saturated rings. The Morgan fingerprint density at radius 2 is 1.88 bits per heavy atom. The number of nitrogens with one attached hydrogen (secondary N) is 1. The highest BCUT2D eigenvalue weighted by atomic mass is 32.2. The Morgan fingerprint density at radius 3 is 2.25 bits per heavy atom. The number of nitrogens with two attached hydrogens (primary N) is 1. The van der Waals surface area contributed by atoms with Gasteiger partial charge < -0.3 is 5.73 Å². The van der Waals surface area contributed by atoms with E-state index in [9.17, 15) is 13.2 Å². The zero-order valence-electron chi connectivity index (χ0n) is 9.82. The summed E-state index contributed by atoms with van der Waals surface area (Å²) in [4.78, 5) is 11.9. The van der Waals surface area contributed by atoms with Gasteiger partial charge in [-0.2, -0.15) is 0 Å². The van der Waals surface area contributed by atoms with Crippen LogP contribution in [0.2, 0.25) is 0 Å². The molecule has 0 radical (unpaired) electrons. The standard InChI is InChI=1S/C10H20N2O3S/c1-8(2)16(14,15)12-9(13)10(7-11)5-3-4-6-10/h8H,3-7,11H2,1-2H3,(H,12,13). The molecule has 0 aliphatic heterocycles. The fourth-order valence-electron chi connectivity index (χ4n) is 1.93. The number of sulfonamides is 1. The first-order valence-corrected chi connectivity index (χ1v) is 7.15. The average molecular weight is 248 g/mol. The van der Waals surface area contributed by atoms with Gasteiger partial charge in [0.15, 0.2) is 0 Å². The van der Waals surface area contributed by atoms with Gasteiger partial charge in [0.05, 0.1) is 10.7 Å². The third-order valence-electron chi connectivity index (χ3n) is 3.29. The molecule has 94 valence electrons. The van der Waals surface area contributed by atoms with Crippen LogP contribution in [0.4, 0.5) is 0 Å². The number of hydrogen-bond donors (Lipinski definition) is 2. The first-order chi connectivity index (χ1) is 7.34. The summed E-state index contributed by atoms with van der Waals surface area (Å²) in [7, 11) is -3.54. The zero-order chi connectivity index (χ0) is 12.4. The van der Waals surface area contributed by atoms with Crippen molar-refractivity contribution in [1.82, 2.24) is 4.72 Å². The van der Waals surface area contributed by atoms with Crippen molar-refractivity contribution in [1.29, 1.82) is 0 Å². The Balaban J connectivity index is 2.79. The third-order valence-corrected chi connectivity index (χ3v) is 5.00. The first kappa shape index (κ1) is 13.4. The molecule has 1 aliphatic rings. The lowest BCUT2D eigenvalue weighted by Gasteiger charge is -2.25. The van der Waals surface area contributed by atoms with Crippen LogP contribution in [0.3, 0.4) is 0 Å². The quantitative estimate of drug-likeness (QED) is 0.751. The van der Waals surface area contributed by atoms with Crippen molar-refractivity contribution in [3.05, 3.63) is 0 Å². The van der Waals surface area contributed by atoms with Crippen LogP contribution in [0, 0.1) is 5.41 Å². The van der Waals surface area contributed by atoms with E-state index in [4.69, 9.17) is 5.73 Å². The molecule has 0 spiro atoms. The van der Waals surface area contributed by atoms with Crippen LogP contribution in [0.15, 0.2) is 0 Å². The lowest BCUT2D eigenvalue weighted by molar-refractivity contribution is -0.128. The molecule has 0 aromatic rings. The van der Waals surface area contributed by atoms with Crippen LogP contribution in [-0.2, 0) is 14.8 Å². The van der Waals surface area contributed by atoms with Crippen LogP contribution < -0.4 is 10.5 Å². The highest BCUT2D eigenvalue weighted by molar-refractivity contribution is 7.90. The molecule has 1 rings (SSSR count). The second kappa shape index (κ2) is 4.71. The van der Waals surface area contributed by atoms with Crippen LogP contribution in [-0.4, -0.2) is 26.1 Å². The van der Waals surface area contributed by atoms with Gasteiger partial charge in [-0.05, 0) is 26.7 Å². The molecular weight excluding hydrogens is 228 g/mol. The number of rotatable bonds is 4. The van der Waals surface area contributed by atoms with Gasteiger partial charge >= 0.3 is 0 Å². The lowest BCUT2D eigenvalue weighted by Crippen LogP contribution is -2.48. The summed E-state index contributed by atoms with van der Waals surface area (Å²) in [6, 6.07) is 0. The fraction of sp³-hybridized carbons (Fsp3) is 0.900. The summed E-state index contributed by atoms with van der Waals surface area (Å²) in [5, 5.41) is -0.604. The topological polar surface area (TPSA) is 89.3 Å². The SMILES string of the molecule is CC(C)S(=O)(=O)NC(=O)C1(CN)CCCC1. The molecule has 0 saturated heterocycles. The minimum Gasteiger partial charge on any atom is -0.329 e. The molecule has 5 nitrogen and oxygen atoms in total. The van der Waals surface area contributed by atoms with Gasteiger partial charge in [-0.1, -0.05) is 12.8 Å². The highest BCUT2D eigenvalue weighted by Gasteiger charge is 2.41. The summed E-state index contributed by atoms with van der Waals surface area (Å²) < 4.78 is 25.3. The molecule has 0 aromatic carbocycles. The van der Waals surface area contributed by atoms with E-state index in [0.29, 0.717) is 12.8 Å². The number of carbonyl (C=O) groups excluding carboxylic acids is 1. The molecule has 0 atom stereocenters. The van der Waals surface area contributed by atoms with Gasteiger partial charge in [0, 0.05) is 6.54 Å². The van der Waals surface area contributed by atoms with Gasteiger partial charge in [0.1, 0.15) is 0 Å². The Morgan fingerprint density at radius 1 is 1.38 bits per heavy atom. The maximum absolute atomic E-state index is 11.9. The molecular formula is C10H20N2O3S. The van der Waals surface area contributed by atoms with Gasteiger partial charge in [-0.15, -0.1) is 0 Å². The minimum absolute atomic E-state index is 0.215. The molecule has 16 heavy (non-hydrogen) atoms. The van der Waals surface area contributed by atoms with Crippen molar-refractivity contribution >= 4 is 15.9 Å². The van der Waals surface area contributed by atoms with Crippen LogP contribution in [0.1, 0.15) is 39.5 Å². The molecule has 1 aliphatic carbocycles. The number of amides is 1. The molecule has 1 saturated carbocycles. The van der Waals surface area contributed by atoms with Crippen molar-refractivity contribution in [2.75, 3.05) is 6.54 Å². The molecule has 0 aromatic heterocycles. The number of hydrogen-bond acceptors (Lipinski definition) is 4. The van der Waals surface area contributed by atoms with Gasteiger partial charge in [0.25, 0.3) is 0 Å². The van der Waals surface area contributed by atoms with E-state index in [1.54, 1.807) is 13.8 Å². The molecule has 6 heteroatoms. The normalized spacial score (nSPS) is 20.0. The third kappa shape index (κ3) is 2.55. The molecule has 3 N–H and O–H groups in total. The van der Waals surface area contributed by atoms with Crippen LogP contribution >= 0.6 is 0 Å². The van der Waals surface area contributed by atoms with E-state index in [0.717, 1.165) is 12.8 Å². The minimum atomic E-state index is -3.54. The number of carbonyl (C=O) groups is 1. The Hall–Kier alpha value is -0.620. The van der Waals surface area contributed by atoms with Gasteiger partial charge in [-0.25, -0.2) is 8.42 Å². The predicted octanol–water partition coefficient (Wildman–Crippen LogP) is 0.360. The molecule has 0 unspecified atom stereocenters. The smallest absolute Gasteiger partial charge is 0.240 e. The average Bonchev–Trinajstić information content (AvgIpc) is 2.66. The second-order valence-corrected chi connectivity index (χ2v) is 6.95. The molecule has 0 heterocycles. The first-order valence-electron chi connectivity index (χ1n) is 5.60. The Labute approximate surface area is 96.8 Å². The Kier molecular flexibility index (Phi) is 3.96. The molecule has 0 bridgehead atoms. The predicted molar refractivity (Wildman–Crippen MR) is 62.2 cm³/mol. The lowest BCUT2D eigenvalue weighted by atomic mass is 9.86. The Bertz CT molecular complexity index is 356. The summed E-state index contributed by atoms with van der Waals surface area (Å²) in [6.07, 6.45) is 3.24. The van der Waals surface area contributed by atoms with E-state index in [1.165, 1.54) is 0 Å². The van der Waals surface area contributed by atoms with Crippen molar-refractivity contribution in [3.8, 4) is 0 Å². The summed E-state index contributed by atoms with van der Waals surface area (Å²) >= 11 is 0. The van der Waals surface area contributed by atoms with E-state index in [-0.39, 0.29) is 6.54 Å². The second-order valence-electron chi connectivity index (χ2n) is 4.72. The zero-order valence-corrected chi connectivity index (χ0v) is 10.6. The van der Waals surface area contributed by atoms with Crippen molar-refractivity contribution < 1.29 is 13.2 Å². The van der Waals surface area contributed by atoms with E-state index in [1.807, 2.05) is 0 Å². The van der Waals surface area contributed by atoms with E-state index >= 15 is 0 Å². The van der Waals surface area contributed by atoms with Crippen molar-refractivity contribution in [2.24, 2.45) is 11.1 Å². The van der Waals surface area contributed by atoms with E-state index < -0.39 is 26.6 Å². The summed E-state index contributed by atoms with van der Waals surface area (Å²) in [6.45, 7) is 3.30. The van der Waals surface area contributed by atoms with E-state index in [2.05, 4.69) is 4.72 Å². The fourth-order valence-corrected chi connectivity index (χ4v) is 2.64. The van der Waals surface area contributed by atoms with Gasteiger partial charge in [0.2, 0.25) is 15.9 Å².